The van der Waals surface area contributed by atoms with Gasteiger partial charge in [-0.25, -0.2) is 10.6 Å². The Morgan fingerprint density at radius 3 is 2.85 bits per heavy atom. The predicted octanol–water partition coefficient (Wildman–Crippen LogP) is 0.775. The lowest BCUT2D eigenvalue weighted by molar-refractivity contribution is 0.173. The van der Waals surface area contributed by atoms with Crippen LogP contribution in [0.1, 0.15) is 5.56 Å². The van der Waals surface area contributed by atoms with Crippen LogP contribution < -0.4 is 10.9 Å². The summed E-state index contributed by atoms with van der Waals surface area (Å²) in [6.45, 7) is 0.433. The second kappa shape index (κ2) is 2.72. The number of nitrogens with two attached hydrogens (primary N) is 1. The van der Waals surface area contributed by atoms with E-state index in [1.807, 2.05) is 12.1 Å². The molecule has 0 saturated carbocycles. The zero-order chi connectivity index (χ0) is 9.42. The Kier molecular flexibility index (Phi) is 1.68. The van der Waals surface area contributed by atoms with E-state index in [9.17, 15) is 4.79 Å². The number of carbonyl (C=O) groups is 1. The zero-order valence-electron chi connectivity index (χ0n) is 6.84. The number of benzene rings is 1. The van der Waals surface area contributed by atoms with E-state index in [4.69, 9.17) is 10.9 Å². The van der Waals surface area contributed by atoms with Crippen LogP contribution in [0.4, 0.5) is 10.5 Å². The second-order valence-electron chi connectivity index (χ2n) is 2.82. The summed E-state index contributed by atoms with van der Waals surface area (Å²) < 4.78 is 0. The monoisotopic (exact) mass is 179 g/mol. The van der Waals surface area contributed by atoms with Gasteiger partial charge in [-0.1, -0.05) is 18.2 Å². The highest BCUT2D eigenvalue weighted by atomic mass is 16.4. The average molecular weight is 179 g/mol. The summed E-state index contributed by atoms with van der Waals surface area (Å²) in [4.78, 5) is 10.8. The maximum atomic E-state index is 10.8. The van der Waals surface area contributed by atoms with Crippen molar-refractivity contribution < 1.29 is 9.90 Å². The van der Waals surface area contributed by atoms with Crippen LogP contribution in [0.2, 0.25) is 0 Å². The summed E-state index contributed by atoms with van der Waals surface area (Å²) in [6.07, 6.45) is -1.06. The number of rotatable bonds is 0. The fraction of sp³-hybridized carbons (Fsp3) is 0.125. The summed E-state index contributed by atoms with van der Waals surface area (Å²) in [6, 6.07) is 7.24. The SMILES string of the molecule is NN1Cc2ccccc2N1C(=O)O. The van der Waals surface area contributed by atoms with Gasteiger partial charge in [0.25, 0.3) is 0 Å². The average Bonchev–Trinajstić information content (AvgIpc) is 2.39. The van der Waals surface area contributed by atoms with Gasteiger partial charge in [0.05, 0.1) is 12.2 Å². The van der Waals surface area contributed by atoms with Gasteiger partial charge in [0.15, 0.2) is 0 Å². The van der Waals surface area contributed by atoms with Gasteiger partial charge in [-0.3, -0.25) is 0 Å². The van der Waals surface area contributed by atoms with Gasteiger partial charge in [-0.05, 0) is 11.6 Å². The molecule has 1 aliphatic rings. The highest BCUT2D eigenvalue weighted by molar-refractivity contribution is 5.87. The van der Waals surface area contributed by atoms with Gasteiger partial charge in [-0.2, -0.15) is 5.01 Å². The lowest BCUT2D eigenvalue weighted by Crippen LogP contribution is -2.45. The summed E-state index contributed by atoms with van der Waals surface area (Å²) in [5.74, 6) is 5.51. The third kappa shape index (κ3) is 1.14. The molecule has 0 radical (unpaired) electrons. The summed E-state index contributed by atoms with van der Waals surface area (Å²) in [5.41, 5.74) is 1.56. The van der Waals surface area contributed by atoms with E-state index < -0.39 is 6.09 Å². The normalized spacial score (nSPS) is 15.9. The molecule has 0 saturated heterocycles. The van der Waals surface area contributed by atoms with Crippen LogP contribution >= 0.6 is 0 Å². The fourth-order valence-corrected chi connectivity index (χ4v) is 1.45. The first-order valence-electron chi connectivity index (χ1n) is 3.83. The maximum absolute atomic E-state index is 10.8. The number of amides is 1. The maximum Gasteiger partial charge on any atom is 0.427 e. The summed E-state index contributed by atoms with van der Waals surface area (Å²) in [5, 5.41) is 11.0. The van der Waals surface area contributed by atoms with Crippen molar-refractivity contribution in [2.75, 3.05) is 5.01 Å². The van der Waals surface area contributed by atoms with Gasteiger partial charge in [0, 0.05) is 0 Å². The van der Waals surface area contributed by atoms with Crippen LogP contribution in [0, 0.1) is 0 Å². The molecule has 0 aromatic heterocycles. The number of para-hydroxylation sites is 1. The van der Waals surface area contributed by atoms with Gasteiger partial charge in [0.1, 0.15) is 0 Å². The Morgan fingerprint density at radius 2 is 2.15 bits per heavy atom. The molecule has 1 amide bonds. The lowest BCUT2D eigenvalue weighted by Gasteiger charge is -2.19. The van der Waals surface area contributed by atoms with E-state index in [1.54, 1.807) is 12.1 Å². The molecule has 0 atom stereocenters. The molecule has 0 bridgehead atoms. The minimum absolute atomic E-state index is 0.433. The Morgan fingerprint density at radius 1 is 1.46 bits per heavy atom. The highest BCUT2D eigenvalue weighted by Crippen LogP contribution is 2.28. The fourth-order valence-electron chi connectivity index (χ4n) is 1.45. The first kappa shape index (κ1) is 8.03. The number of hydrazine groups is 2. The third-order valence-corrected chi connectivity index (χ3v) is 1.99. The van der Waals surface area contributed by atoms with Crippen LogP contribution in [-0.2, 0) is 6.54 Å². The topological polar surface area (TPSA) is 69.8 Å². The van der Waals surface area contributed by atoms with Gasteiger partial charge in [-0.15, -0.1) is 5.12 Å². The van der Waals surface area contributed by atoms with Crippen molar-refractivity contribution in [3.8, 4) is 0 Å². The molecule has 68 valence electrons. The van der Waals surface area contributed by atoms with Crippen molar-refractivity contribution >= 4 is 11.8 Å². The number of nitrogens with zero attached hydrogens (tertiary/aromatic N) is 2. The van der Waals surface area contributed by atoms with E-state index >= 15 is 0 Å². The van der Waals surface area contributed by atoms with Gasteiger partial charge in [0.2, 0.25) is 0 Å². The molecule has 0 unspecified atom stereocenters. The van der Waals surface area contributed by atoms with Crippen LogP contribution in [0.3, 0.4) is 0 Å². The molecule has 0 fully saturated rings. The first-order chi connectivity index (χ1) is 6.20. The van der Waals surface area contributed by atoms with Crippen molar-refractivity contribution in [1.29, 1.82) is 0 Å². The van der Waals surface area contributed by atoms with E-state index in [0.717, 1.165) is 10.6 Å². The Labute approximate surface area is 74.9 Å². The minimum Gasteiger partial charge on any atom is -0.464 e. The quantitative estimate of drug-likeness (QED) is 0.577. The largest absolute Gasteiger partial charge is 0.464 e. The molecular weight excluding hydrogens is 170 g/mol. The van der Waals surface area contributed by atoms with E-state index in [-0.39, 0.29) is 0 Å². The number of carboxylic acid groups (broad SMARTS) is 1. The predicted molar refractivity (Wildman–Crippen MR) is 46.7 cm³/mol. The molecule has 1 aromatic rings. The van der Waals surface area contributed by atoms with Crippen LogP contribution in [0.15, 0.2) is 24.3 Å². The Hall–Kier alpha value is -1.59. The smallest absolute Gasteiger partial charge is 0.427 e. The molecule has 1 aromatic carbocycles. The molecule has 2 rings (SSSR count). The number of hydrogen-bond donors (Lipinski definition) is 2. The summed E-state index contributed by atoms with van der Waals surface area (Å²) >= 11 is 0. The minimum atomic E-state index is -1.06. The third-order valence-electron chi connectivity index (χ3n) is 1.99. The molecule has 5 heteroatoms. The molecule has 5 nitrogen and oxygen atoms in total. The molecule has 0 spiro atoms. The van der Waals surface area contributed by atoms with E-state index in [2.05, 4.69) is 0 Å². The van der Waals surface area contributed by atoms with E-state index in [0.29, 0.717) is 12.2 Å². The number of anilines is 1. The highest BCUT2D eigenvalue weighted by Gasteiger charge is 2.29. The van der Waals surface area contributed by atoms with Crippen molar-refractivity contribution in [3.05, 3.63) is 29.8 Å². The van der Waals surface area contributed by atoms with E-state index in [1.165, 1.54) is 5.12 Å². The van der Waals surface area contributed by atoms with Crippen LogP contribution in [0.25, 0.3) is 0 Å². The van der Waals surface area contributed by atoms with Gasteiger partial charge >= 0.3 is 6.09 Å². The molecule has 1 aliphatic heterocycles. The van der Waals surface area contributed by atoms with Crippen molar-refractivity contribution in [1.82, 2.24) is 5.12 Å². The molecule has 0 aliphatic carbocycles. The standard InChI is InChI=1S/C8H9N3O2/c9-10-5-6-3-1-2-4-7(6)11(10)8(12)13/h1-4H,5,9H2,(H,12,13). The zero-order valence-corrected chi connectivity index (χ0v) is 6.84. The molecule has 3 N–H and O–H groups in total. The van der Waals surface area contributed by atoms with Crippen LogP contribution in [-0.4, -0.2) is 16.3 Å². The van der Waals surface area contributed by atoms with Crippen molar-refractivity contribution in [3.63, 3.8) is 0 Å². The van der Waals surface area contributed by atoms with Crippen LogP contribution in [0.5, 0.6) is 0 Å². The second-order valence-corrected chi connectivity index (χ2v) is 2.82. The summed E-state index contributed by atoms with van der Waals surface area (Å²) in [7, 11) is 0. The van der Waals surface area contributed by atoms with Crippen molar-refractivity contribution in [2.24, 2.45) is 5.84 Å². The molecular formula is C8H9N3O2. The van der Waals surface area contributed by atoms with Crippen molar-refractivity contribution in [2.45, 2.75) is 6.54 Å². The Balaban J connectivity index is 2.46. The number of hydrogen-bond acceptors (Lipinski definition) is 3. The van der Waals surface area contributed by atoms with Gasteiger partial charge < -0.3 is 5.11 Å². The molecule has 13 heavy (non-hydrogen) atoms. The first-order valence-corrected chi connectivity index (χ1v) is 3.83. The lowest BCUT2D eigenvalue weighted by atomic mass is 10.2. The molecule has 1 heterocycles. The number of fused-ring (bicyclic) bond motifs is 1. The Bertz CT molecular complexity index is 353.